The summed E-state index contributed by atoms with van der Waals surface area (Å²) in [5.74, 6) is 3.68. The second-order valence-electron chi connectivity index (χ2n) is 9.46. The van der Waals surface area contributed by atoms with Gasteiger partial charge in [-0.1, -0.05) is 12.1 Å². The number of benzene rings is 1. The van der Waals surface area contributed by atoms with E-state index in [1.807, 2.05) is 12.1 Å². The van der Waals surface area contributed by atoms with Crippen molar-refractivity contribution < 1.29 is 9.53 Å². The van der Waals surface area contributed by atoms with Gasteiger partial charge in [0.1, 0.15) is 5.75 Å². The van der Waals surface area contributed by atoms with Gasteiger partial charge < -0.3 is 15.0 Å². The molecular weight excluding hydrogens is 421 g/mol. The van der Waals surface area contributed by atoms with E-state index in [0.29, 0.717) is 11.8 Å². The Morgan fingerprint density at radius 1 is 1.07 bits per heavy atom. The smallest absolute Gasteiger partial charge is 0.226 e. The van der Waals surface area contributed by atoms with Crippen LogP contribution in [-0.2, 0) is 4.79 Å². The van der Waals surface area contributed by atoms with Gasteiger partial charge in [0.2, 0.25) is 5.91 Å². The van der Waals surface area contributed by atoms with Gasteiger partial charge in [-0.25, -0.2) is 0 Å². The van der Waals surface area contributed by atoms with Gasteiger partial charge in [-0.3, -0.25) is 9.69 Å². The molecule has 1 aromatic carbocycles. The number of piperazine rings is 1. The fourth-order valence-electron chi connectivity index (χ4n) is 6.77. The van der Waals surface area contributed by atoms with Crippen LogP contribution >= 0.6 is 24.8 Å². The number of nitrogens with zero attached hydrogens (tertiary/aromatic N) is 2. The van der Waals surface area contributed by atoms with Crippen LogP contribution in [0.4, 0.5) is 5.69 Å². The number of amides is 1. The Labute approximate surface area is 192 Å². The summed E-state index contributed by atoms with van der Waals surface area (Å²) >= 11 is 0. The molecule has 5 aliphatic rings. The third-order valence-corrected chi connectivity index (χ3v) is 7.95. The first-order valence-electron chi connectivity index (χ1n) is 11.1. The van der Waals surface area contributed by atoms with Crippen molar-refractivity contribution in [2.24, 2.45) is 23.2 Å². The standard InChI is InChI=1S/C23H33N3O2.2ClH/c1-28-21-5-3-2-4-20(21)26-10-8-25(9-11-26)7-6-24-22(27)23-15-17-12-18(16-23)14-19(23)13-17;;/h2-5,17-19H,6-16H2,1H3,(H,24,27);2*1H. The fraction of sp³-hybridized carbons (Fsp3) is 0.696. The van der Waals surface area contributed by atoms with Gasteiger partial charge in [0, 0.05) is 39.3 Å². The van der Waals surface area contributed by atoms with E-state index in [1.165, 1.54) is 24.9 Å². The molecule has 0 radical (unpaired) electrons. The quantitative estimate of drug-likeness (QED) is 0.711. The molecule has 2 unspecified atom stereocenters. The van der Waals surface area contributed by atoms with Gasteiger partial charge in [-0.05, 0) is 62.0 Å². The zero-order valence-electron chi connectivity index (χ0n) is 17.8. The molecule has 4 aliphatic carbocycles. The number of rotatable bonds is 6. The lowest BCUT2D eigenvalue weighted by Crippen LogP contribution is -2.50. The van der Waals surface area contributed by atoms with E-state index in [-0.39, 0.29) is 30.2 Å². The number of carbonyl (C=O) groups is 1. The van der Waals surface area contributed by atoms with Crippen LogP contribution in [0.1, 0.15) is 32.1 Å². The van der Waals surface area contributed by atoms with E-state index in [9.17, 15) is 4.79 Å². The van der Waals surface area contributed by atoms with Crippen molar-refractivity contribution in [3.8, 4) is 5.75 Å². The van der Waals surface area contributed by atoms with Gasteiger partial charge in [0.25, 0.3) is 0 Å². The molecule has 1 aromatic rings. The van der Waals surface area contributed by atoms with Crippen molar-refractivity contribution in [1.82, 2.24) is 10.2 Å². The minimum atomic E-state index is 0. The number of hydrogen-bond donors (Lipinski definition) is 1. The largest absolute Gasteiger partial charge is 0.495 e. The summed E-state index contributed by atoms with van der Waals surface area (Å²) in [4.78, 5) is 17.9. The molecule has 0 spiro atoms. The summed E-state index contributed by atoms with van der Waals surface area (Å²) < 4.78 is 5.51. The SMILES string of the molecule is COc1ccccc1N1CCN(CCNC(=O)C23CC4CC(CC2C4)C3)CC1.Cl.Cl. The first kappa shape index (κ1) is 23.5. The maximum absolute atomic E-state index is 13.0. The molecule has 1 aliphatic heterocycles. The highest BCUT2D eigenvalue weighted by molar-refractivity contribution is 5.85. The van der Waals surface area contributed by atoms with Crippen LogP contribution in [0, 0.1) is 23.2 Å². The lowest BCUT2D eigenvalue weighted by atomic mass is 9.75. The van der Waals surface area contributed by atoms with Crippen molar-refractivity contribution in [2.45, 2.75) is 32.1 Å². The van der Waals surface area contributed by atoms with Gasteiger partial charge in [-0.2, -0.15) is 0 Å². The molecule has 7 heteroatoms. The first-order valence-corrected chi connectivity index (χ1v) is 11.1. The van der Waals surface area contributed by atoms with Crippen LogP contribution < -0.4 is 15.0 Å². The van der Waals surface area contributed by atoms with E-state index in [2.05, 4.69) is 27.2 Å². The summed E-state index contributed by atoms with van der Waals surface area (Å²) in [6.45, 7) is 5.82. The predicted molar refractivity (Wildman–Crippen MR) is 125 cm³/mol. The molecule has 0 aromatic heterocycles. The molecule has 168 valence electrons. The number of anilines is 1. The summed E-state index contributed by atoms with van der Waals surface area (Å²) in [7, 11) is 1.74. The molecule has 1 heterocycles. The van der Waals surface area contributed by atoms with E-state index >= 15 is 0 Å². The number of carbonyl (C=O) groups excluding carboxylic acids is 1. The summed E-state index contributed by atoms with van der Waals surface area (Å²) in [5.41, 5.74) is 1.19. The highest BCUT2D eigenvalue weighted by atomic mass is 35.5. The topological polar surface area (TPSA) is 44.8 Å². The third-order valence-electron chi connectivity index (χ3n) is 7.95. The molecule has 5 nitrogen and oxygen atoms in total. The summed E-state index contributed by atoms with van der Waals surface area (Å²) in [6.07, 6.45) is 6.35. The Bertz CT molecular complexity index is 725. The number of ether oxygens (including phenoxy) is 1. The van der Waals surface area contributed by atoms with Crippen LogP contribution in [0.15, 0.2) is 24.3 Å². The monoisotopic (exact) mass is 455 g/mol. The van der Waals surface area contributed by atoms with Crippen molar-refractivity contribution in [3.05, 3.63) is 24.3 Å². The molecule has 1 saturated heterocycles. The zero-order valence-corrected chi connectivity index (χ0v) is 19.5. The van der Waals surface area contributed by atoms with E-state index in [4.69, 9.17) is 4.74 Å². The van der Waals surface area contributed by atoms with Crippen LogP contribution in [0.3, 0.4) is 0 Å². The second-order valence-corrected chi connectivity index (χ2v) is 9.46. The molecule has 4 bridgehead atoms. The van der Waals surface area contributed by atoms with E-state index < -0.39 is 0 Å². The first-order chi connectivity index (χ1) is 13.7. The minimum Gasteiger partial charge on any atom is -0.495 e. The maximum atomic E-state index is 13.0. The van der Waals surface area contributed by atoms with E-state index in [1.54, 1.807) is 7.11 Å². The molecule has 6 rings (SSSR count). The Balaban J connectivity index is 0.00000128. The van der Waals surface area contributed by atoms with Gasteiger partial charge in [-0.15, -0.1) is 24.8 Å². The van der Waals surface area contributed by atoms with Crippen molar-refractivity contribution in [3.63, 3.8) is 0 Å². The molecule has 2 atom stereocenters. The van der Waals surface area contributed by atoms with Crippen molar-refractivity contribution in [2.75, 3.05) is 51.3 Å². The van der Waals surface area contributed by atoms with Crippen LogP contribution in [-0.4, -0.2) is 57.2 Å². The lowest BCUT2D eigenvalue weighted by molar-refractivity contribution is -0.132. The Hall–Kier alpha value is -1.17. The zero-order chi connectivity index (χ0) is 19.1. The molecule has 1 N–H and O–H groups in total. The van der Waals surface area contributed by atoms with Crippen LogP contribution in [0.2, 0.25) is 0 Å². The van der Waals surface area contributed by atoms with Gasteiger partial charge >= 0.3 is 0 Å². The summed E-state index contributed by atoms with van der Waals surface area (Å²) in [6, 6.07) is 8.25. The predicted octanol–water partition coefficient (Wildman–Crippen LogP) is 3.60. The Morgan fingerprint density at radius 3 is 2.40 bits per heavy atom. The number of para-hydroxylation sites is 2. The number of hydrogen-bond acceptors (Lipinski definition) is 4. The Kier molecular flexibility index (Phi) is 7.47. The van der Waals surface area contributed by atoms with Crippen molar-refractivity contribution in [1.29, 1.82) is 0 Å². The average Bonchev–Trinajstić information content (AvgIpc) is 3.13. The molecule has 30 heavy (non-hydrogen) atoms. The maximum Gasteiger partial charge on any atom is 0.226 e. The van der Waals surface area contributed by atoms with Crippen LogP contribution in [0.5, 0.6) is 5.75 Å². The highest BCUT2D eigenvalue weighted by Crippen LogP contribution is 2.65. The third kappa shape index (κ3) is 4.13. The molecule has 5 fully saturated rings. The van der Waals surface area contributed by atoms with E-state index in [0.717, 1.165) is 69.7 Å². The number of nitrogens with one attached hydrogen (secondary N) is 1. The lowest BCUT2D eigenvalue weighted by Gasteiger charge is -2.37. The number of halogens is 2. The molecule has 1 amide bonds. The van der Waals surface area contributed by atoms with Crippen molar-refractivity contribution >= 4 is 36.4 Å². The average molecular weight is 456 g/mol. The minimum absolute atomic E-state index is 0. The summed E-state index contributed by atoms with van der Waals surface area (Å²) in [5, 5.41) is 3.32. The van der Waals surface area contributed by atoms with Gasteiger partial charge in [0.05, 0.1) is 18.2 Å². The molecule has 4 saturated carbocycles. The number of methoxy groups -OCH3 is 1. The highest BCUT2D eigenvalue weighted by Gasteiger charge is 2.61. The Morgan fingerprint density at radius 2 is 1.73 bits per heavy atom. The normalized spacial score (nSPS) is 31.8. The second kappa shape index (κ2) is 9.54. The van der Waals surface area contributed by atoms with Crippen LogP contribution in [0.25, 0.3) is 0 Å². The molecular formula is C23H35Cl2N3O2. The fourth-order valence-corrected chi connectivity index (χ4v) is 6.77. The van der Waals surface area contributed by atoms with Gasteiger partial charge in [0.15, 0.2) is 0 Å².